The van der Waals surface area contributed by atoms with Crippen LogP contribution in [-0.4, -0.2) is 0 Å². The van der Waals surface area contributed by atoms with Crippen LogP contribution in [0.15, 0.2) is 35.7 Å². The van der Waals surface area contributed by atoms with Crippen LogP contribution >= 0.6 is 35.3 Å². The molecular weight excluding hydrogens is 318 g/mol. The van der Waals surface area contributed by atoms with Crippen molar-refractivity contribution in [2.75, 3.05) is 0 Å². The van der Waals surface area contributed by atoms with Crippen molar-refractivity contribution in [3.05, 3.63) is 56.7 Å². The Morgan fingerprint density at radius 3 is 2.42 bits per heavy atom. The topological polar surface area (TPSA) is 26.0 Å². The fraction of sp³-hybridized carbons (Fsp3) is 0.167. The number of halogens is 5. The molecule has 104 valence electrons. The number of alkyl halides is 3. The minimum absolute atomic E-state index is 0. The second-order valence-corrected chi connectivity index (χ2v) is 5.11. The van der Waals surface area contributed by atoms with E-state index in [4.69, 9.17) is 17.3 Å². The molecule has 1 heterocycles. The highest BCUT2D eigenvalue weighted by atomic mass is 35.5. The lowest BCUT2D eigenvalue weighted by Gasteiger charge is -2.15. The lowest BCUT2D eigenvalue weighted by molar-refractivity contribution is -0.137. The van der Waals surface area contributed by atoms with Crippen molar-refractivity contribution in [1.82, 2.24) is 0 Å². The molecule has 1 aromatic carbocycles. The highest BCUT2D eigenvalue weighted by Gasteiger charge is 2.31. The van der Waals surface area contributed by atoms with Gasteiger partial charge in [-0.05, 0) is 35.2 Å². The zero-order valence-electron chi connectivity index (χ0n) is 9.45. The van der Waals surface area contributed by atoms with Crippen LogP contribution in [0.5, 0.6) is 0 Å². The van der Waals surface area contributed by atoms with Crippen molar-refractivity contribution in [3.63, 3.8) is 0 Å². The summed E-state index contributed by atoms with van der Waals surface area (Å²) < 4.78 is 37.9. The molecule has 1 atom stereocenters. The SMILES string of the molecule is Cl.N[C@H](c1cccs1)c1cc(C(F)(F)F)ccc1Cl. The molecule has 0 bridgehead atoms. The van der Waals surface area contributed by atoms with Crippen LogP contribution in [0.4, 0.5) is 13.2 Å². The van der Waals surface area contributed by atoms with Gasteiger partial charge in [-0.15, -0.1) is 23.7 Å². The van der Waals surface area contributed by atoms with Crippen molar-refractivity contribution in [2.24, 2.45) is 5.73 Å². The standard InChI is InChI=1S/C12H9ClF3NS.ClH/c13-9-4-3-7(12(14,15)16)6-8(9)11(17)10-2-1-5-18-10;/h1-6,11H,17H2;1H/t11-;/m0./s1. The maximum atomic E-state index is 12.6. The first-order chi connectivity index (χ1) is 8.39. The Balaban J connectivity index is 0.00000180. The molecule has 0 spiro atoms. The fourth-order valence-corrected chi connectivity index (χ4v) is 2.56. The largest absolute Gasteiger partial charge is 0.416 e. The molecule has 0 radical (unpaired) electrons. The summed E-state index contributed by atoms with van der Waals surface area (Å²) in [6.07, 6.45) is -4.39. The Kier molecular flexibility index (Phi) is 5.26. The average Bonchev–Trinajstić information content (AvgIpc) is 2.80. The second kappa shape index (κ2) is 6.13. The molecule has 0 amide bonds. The van der Waals surface area contributed by atoms with E-state index in [0.717, 1.165) is 17.0 Å². The number of hydrogen-bond donors (Lipinski definition) is 1. The number of benzene rings is 1. The number of rotatable bonds is 2. The summed E-state index contributed by atoms with van der Waals surface area (Å²) in [7, 11) is 0. The van der Waals surface area contributed by atoms with Gasteiger partial charge in [-0.1, -0.05) is 17.7 Å². The summed E-state index contributed by atoms with van der Waals surface area (Å²) in [4.78, 5) is 0.774. The van der Waals surface area contributed by atoms with Gasteiger partial charge in [0.1, 0.15) is 0 Å². The van der Waals surface area contributed by atoms with E-state index in [-0.39, 0.29) is 23.0 Å². The maximum absolute atomic E-state index is 12.6. The van der Waals surface area contributed by atoms with E-state index < -0.39 is 17.8 Å². The lowest BCUT2D eigenvalue weighted by atomic mass is 10.0. The third-order valence-electron chi connectivity index (χ3n) is 2.51. The lowest BCUT2D eigenvalue weighted by Crippen LogP contribution is -2.13. The van der Waals surface area contributed by atoms with Gasteiger partial charge in [0.05, 0.1) is 11.6 Å². The van der Waals surface area contributed by atoms with Crippen LogP contribution in [0.2, 0.25) is 5.02 Å². The molecule has 0 saturated carbocycles. The quantitative estimate of drug-likeness (QED) is 0.834. The van der Waals surface area contributed by atoms with Crippen LogP contribution in [-0.2, 0) is 6.18 Å². The van der Waals surface area contributed by atoms with E-state index >= 15 is 0 Å². The summed E-state index contributed by atoms with van der Waals surface area (Å²) in [6.45, 7) is 0. The first-order valence-electron chi connectivity index (χ1n) is 5.05. The van der Waals surface area contributed by atoms with Crippen molar-refractivity contribution < 1.29 is 13.2 Å². The van der Waals surface area contributed by atoms with E-state index in [1.54, 1.807) is 12.1 Å². The van der Waals surface area contributed by atoms with Crippen LogP contribution in [0.1, 0.15) is 22.0 Å². The van der Waals surface area contributed by atoms with E-state index in [1.165, 1.54) is 17.4 Å². The highest BCUT2D eigenvalue weighted by Crippen LogP contribution is 2.35. The Bertz CT molecular complexity index is 540. The third kappa shape index (κ3) is 3.63. The molecule has 0 unspecified atom stereocenters. The summed E-state index contributed by atoms with van der Waals surface area (Å²) in [5.41, 5.74) is 5.48. The first-order valence-corrected chi connectivity index (χ1v) is 6.31. The van der Waals surface area contributed by atoms with Crippen molar-refractivity contribution >= 4 is 35.3 Å². The molecule has 0 aliphatic rings. The normalized spacial score (nSPS) is 12.9. The minimum Gasteiger partial charge on any atom is -0.320 e. The Morgan fingerprint density at radius 1 is 1.21 bits per heavy atom. The molecule has 19 heavy (non-hydrogen) atoms. The molecule has 2 N–H and O–H groups in total. The fourth-order valence-electron chi connectivity index (χ4n) is 1.58. The zero-order valence-corrected chi connectivity index (χ0v) is 11.8. The van der Waals surface area contributed by atoms with Gasteiger partial charge in [0.15, 0.2) is 0 Å². The van der Waals surface area contributed by atoms with Gasteiger partial charge in [-0.25, -0.2) is 0 Å². The monoisotopic (exact) mass is 327 g/mol. The number of hydrogen-bond acceptors (Lipinski definition) is 2. The second-order valence-electron chi connectivity index (χ2n) is 3.73. The van der Waals surface area contributed by atoms with E-state index in [2.05, 4.69) is 0 Å². The summed E-state index contributed by atoms with van der Waals surface area (Å²) in [6, 6.07) is 6.11. The van der Waals surface area contributed by atoms with Crippen LogP contribution in [0, 0.1) is 0 Å². The number of thiophene rings is 1. The van der Waals surface area contributed by atoms with Gasteiger partial charge in [0.25, 0.3) is 0 Å². The predicted octanol–water partition coefficient (Wildman–Crippen LogP) is 4.89. The summed E-state index contributed by atoms with van der Waals surface area (Å²) >= 11 is 7.30. The molecule has 1 aromatic heterocycles. The Labute approximate surface area is 123 Å². The number of nitrogens with two attached hydrogens (primary N) is 1. The van der Waals surface area contributed by atoms with Crippen LogP contribution in [0.3, 0.4) is 0 Å². The zero-order chi connectivity index (χ0) is 13.3. The van der Waals surface area contributed by atoms with Gasteiger partial charge in [-0.2, -0.15) is 13.2 Å². The van der Waals surface area contributed by atoms with Gasteiger partial charge >= 0.3 is 6.18 Å². The molecule has 0 aliphatic carbocycles. The Morgan fingerprint density at radius 2 is 1.89 bits per heavy atom. The molecule has 0 saturated heterocycles. The van der Waals surface area contributed by atoms with Gasteiger partial charge < -0.3 is 5.73 Å². The van der Waals surface area contributed by atoms with Gasteiger partial charge in [-0.3, -0.25) is 0 Å². The molecule has 0 fully saturated rings. The first kappa shape index (κ1) is 16.3. The van der Waals surface area contributed by atoms with Crippen LogP contribution in [0.25, 0.3) is 0 Å². The minimum atomic E-state index is -4.39. The van der Waals surface area contributed by atoms with Crippen molar-refractivity contribution in [3.8, 4) is 0 Å². The van der Waals surface area contributed by atoms with Gasteiger partial charge in [0.2, 0.25) is 0 Å². The molecule has 2 rings (SSSR count). The maximum Gasteiger partial charge on any atom is 0.416 e. The summed E-state index contributed by atoms with van der Waals surface area (Å²) in [5, 5.41) is 2.06. The predicted molar refractivity (Wildman–Crippen MR) is 74.1 cm³/mol. The summed E-state index contributed by atoms with van der Waals surface area (Å²) in [5.74, 6) is 0. The van der Waals surface area contributed by atoms with Crippen molar-refractivity contribution in [1.29, 1.82) is 0 Å². The smallest absolute Gasteiger partial charge is 0.320 e. The van der Waals surface area contributed by atoms with E-state index in [9.17, 15) is 13.2 Å². The molecule has 2 aromatic rings. The molecule has 1 nitrogen and oxygen atoms in total. The highest BCUT2D eigenvalue weighted by molar-refractivity contribution is 7.10. The van der Waals surface area contributed by atoms with E-state index in [0.29, 0.717) is 0 Å². The van der Waals surface area contributed by atoms with Crippen molar-refractivity contribution in [2.45, 2.75) is 12.2 Å². The molecule has 0 aliphatic heterocycles. The average molecular weight is 328 g/mol. The van der Waals surface area contributed by atoms with Crippen LogP contribution < -0.4 is 5.73 Å². The molecule has 7 heteroatoms. The third-order valence-corrected chi connectivity index (χ3v) is 3.81. The van der Waals surface area contributed by atoms with Gasteiger partial charge in [0, 0.05) is 9.90 Å². The Hall–Kier alpha value is -0.750. The van der Waals surface area contributed by atoms with E-state index in [1.807, 2.05) is 5.38 Å². The molecular formula is C12H10Cl2F3NS.